The van der Waals surface area contributed by atoms with Crippen molar-refractivity contribution in [1.29, 1.82) is 0 Å². The molecule has 2 nitrogen and oxygen atoms in total. The van der Waals surface area contributed by atoms with Crippen molar-refractivity contribution in [3.8, 4) is 0 Å². The van der Waals surface area contributed by atoms with E-state index in [9.17, 15) is 4.79 Å². The van der Waals surface area contributed by atoms with E-state index in [2.05, 4.69) is 32.3 Å². The van der Waals surface area contributed by atoms with Crippen LogP contribution >= 0.6 is 0 Å². The summed E-state index contributed by atoms with van der Waals surface area (Å²) in [4.78, 5) is 11.9. The van der Waals surface area contributed by atoms with Gasteiger partial charge in [-0.2, -0.15) is 0 Å². The lowest BCUT2D eigenvalue weighted by Gasteiger charge is -2.13. The first-order valence-corrected chi connectivity index (χ1v) is 7.45. The fraction of sp³-hybridized carbons (Fsp3) is 0.500. The van der Waals surface area contributed by atoms with Crippen LogP contribution < -0.4 is 5.32 Å². The van der Waals surface area contributed by atoms with E-state index in [1.165, 1.54) is 5.57 Å². The largest absolute Gasteiger partial charge is 0.352 e. The maximum Gasteiger partial charge on any atom is 0.251 e. The molecule has 0 heterocycles. The van der Waals surface area contributed by atoms with Gasteiger partial charge >= 0.3 is 0 Å². The molecule has 0 fully saturated rings. The SMILES string of the molecule is C=C/C=C(\C=C/C)C(=O)NCCC(C)CC(=C)CCC. The van der Waals surface area contributed by atoms with Crippen molar-refractivity contribution in [3.63, 3.8) is 0 Å². The lowest BCUT2D eigenvalue weighted by molar-refractivity contribution is -0.117. The molecule has 0 aromatic heterocycles. The van der Waals surface area contributed by atoms with E-state index in [-0.39, 0.29) is 5.91 Å². The van der Waals surface area contributed by atoms with Crippen molar-refractivity contribution >= 4 is 5.91 Å². The quantitative estimate of drug-likeness (QED) is 0.353. The second-order valence-electron chi connectivity index (χ2n) is 5.21. The van der Waals surface area contributed by atoms with Crippen LogP contribution in [-0.2, 0) is 4.79 Å². The zero-order valence-electron chi connectivity index (χ0n) is 13.2. The van der Waals surface area contributed by atoms with Crippen LogP contribution in [0.4, 0.5) is 0 Å². The summed E-state index contributed by atoms with van der Waals surface area (Å²) in [6.07, 6.45) is 11.3. The Morgan fingerprint density at radius 1 is 1.40 bits per heavy atom. The number of carbonyl (C=O) groups excluding carboxylic acids is 1. The Kier molecular flexibility index (Phi) is 10.4. The van der Waals surface area contributed by atoms with Crippen LogP contribution in [0, 0.1) is 5.92 Å². The highest BCUT2D eigenvalue weighted by Crippen LogP contribution is 2.16. The lowest BCUT2D eigenvalue weighted by atomic mass is 9.96. The van der Waals surface area contributed by atoms with Gasteiger partial charge in [-0.3, -0.25) is 4.79 Å². The summed E-state index contributed by atoms with van der Waals surface area (Å²) in [5.41, 5.74) is 1.96. The van der Waals surface area contributed by atoms with Crippen LogP contribution in [0.15, 0.2) is 48.6 Å². The minimum absolute atomic E-state index is 0.0393. The predicted octanol–water partition coefficient (Wildman–Crippen LogP) is 4.56. The number of carbonyl (C=O) groups is 1. The van der Waals surface area contributed by atoms with Gasteiger partial charge in [-0.05, 0) is 32.1 Å². The molecule has 0 aliphatic heterocycles. The molecule has 112 valence electrons. The minimum Gasteiger partial charge on any atom is -0.352 e. The molecule has 0 rings (SSSR count). The predicted molar refractivity (Wildman–Crippen MR) is 88.5 cm³/mol. The number of hydrogen-bond acceptors (Lipinski definition) is 1. The Labute approximate surface area is 124 Å². The number of rotatable bonds is 10. The van der Waals surface area contributed by atoms with Crippen molar-refractivity contribution in [1.82, 2.24) is 5.32 Å². The van der Waals surface area contributed by atoms with Crippen molar-refractivity contribution in [2.24, 2.45) is 5.92 Å². The Morgan fingerprint density at radius 3 is 2.65 bits per heavy atom. The van der Waals surface area contributed by atoms with E-state index in [1.54, 1.807) is 18.2 Å². The summed E-state index contributed by atoms with van der Waals surface area (Å²) in [5, 5.41) is 2.95. The second-order valence-corrected chi connectivity index (χ2v) is 5.21. The lowest BCUT2D eigenvalue weighted by Crippen LogP contribution is -2.26. The Morgan fingerprint density at radius 2 is 2.10 bits per heavy atom. The normalized spacial score (nSPS) is 13.2. The average Bonchev–Trinajstić information content (AvgIpc) is 2.38. The van der Waals surface area contributed by atoms with E-state index in [0.717, 1.165) is 25.7 Å². The standard InChI is InChI=1S/C18H29NO/c1-6-9-15(4)14-16(5)12-13-19-18(20)17(10-7-2)11-8-3/h7-8,10-11,16H,2,4,6,9,12-14H2,1,3,5H3,(H,19,20)/b11-8-,17-10+. The van der Waals surface area contributed by atoms with Crippen LogP contribution in [0.5, 0.6) is 0 Å². The van der Waals surface area contributed by atoms with Crippen LogP contribution in [0.3, 0.4) is 0 Å². The summed E-state index contributed by atoms with van der Waals surface area (Å²) in [6, 6.07) is 0. The first-order valence-electron chi connectivity index (χ1n) is 7.45. The maximum atomic E-state index is 11.9. The molecule has 0 radical (unpaired) electrons. The third-order valence-corrected chi connectivity index (χ3v) is 3.07. The zero-order chi connectivity index (χ0) is 15.4. The zero-order valence-corrected chi connectivity index (χ0v) is 13.2. The van der Waals surface area contributed by atoms with Gasteiger partial charge in [-0.15, -0.1) is 0 Å². The molecule has 0 aliphatic rings. The molecule has 0 saturated heterocycles. The van der Waals surface area contributed by atoms with Crippen molar-refractivity contribution in [2.75, 3.05) is 6.54 Å². The van der Waals surface area contributed by atoms with E-state index in [1.807, 2.05) is 13.0 Å². The van der Waals surface area contributed by atoms with Crippen molar-refractivity contribution in [3.05, 3.63) is 48.6 Å². The molecule has 1 unspecified atom stereocenters. The van der Waals surface area contributed by atoms with Crippen molar-refractivity contribution < 1.29 is 4.79 Å². The molecule has 0 saturated carbocycles. The highest BCUT2D eigenvalue weighted by Gasteiger charge is 2.07. The smallest absolute Gasteiger partial charge is 0.251 e. The van der Waals surface area contributed by atoms with Crippen LogP contribution in [-0.4, -0.2) is 12.5 Å². The topological polar surface area (TPSA) is 29.1 Å². The average molecular weight is 275 g/mol. The van der Waals surface area contributed by atoms with Gasteiger partial charge in [0.15, 0.2) is 0 Å². The number of nitrogens with one attached hydrogen (secondary N) is 1. The Balaban J connectivity index is 4.10. The monoisotopic (exact) mass is 275 g/mol. The molecule has 1 atom stereocenters. The molecule has 0 aliphatic carbocycles. The minimum atomic E-state index is -0.0393. The number of hydrogen-bond donors (Lipinski definition) is 1. The fourth-order valence-electron chi connectivity index (χ4n) is 2.10. The fourth-order valence-corrected chi connectivity index (χ4v) is 2.10. The maximum absolute atomic E-state index is 11.9. The summed E-state index contributed by atoms with van der Waals surface area (Å²) < 4.78 is 0. The molecule has 1 amide bonds. The summed E-state index contributed by atoms with van der Waals surface area (Å²) >= 11 is 0. The summed E-state index contributed by atoms with van der Waals surface area (Å²) in [5.74, 6) is 0.519. The van der Waals surface area contributed by atoms with Gasteiger partial charge in [0.1, 0.15) is 0 Å². The second kappa shape index (κ2) is 11.3. The Hall–Kier alpha value is -1.57. The number of amides is 1. The highest BCUT2D eigenvalue weighted by molar-refractivity contribution is 5.96. The van der Waals surface area contributed by atoms with Gasteiger partial charge in [0.2, 0.25) is 0 Å². The highest BCUT2D eigenvalue weighted by atomic mass is 16.1. The summed E-state index contributed by atoms with van der Waals surface area (Å²) in [7, 11) is 0. The van der Waals surface area contributed by atoms with E-state index in [4.69, 9.17) is 0 Å². The van der Waals surface area contributed by atoms with E-state index < -0.39 is 0 Å². The molecular weight excluding hydrogens is 246 g/mol. The van der Waals surface area contributed by atoms with Gasteiger partial charge in [-0.1, -0.05) is 63.3 Å². The van der Waals surface area contributed by atoms with Crippen LogP contribution in [0.25, 0.3) is 0 Å². The molecular formula is C18H29NO. The molecule has 0 bridgehead atoms. The first-order chi connectivity index (χ1) is 9.54. The van der Waals surface area contributed by atoms with Gasteiger partial charge in [0, 0.05) is 12.1 Å². The molecule has 2 heteroatoms. The van der Waals surface area contributed by atoms with Gasteiger partial charge in [0.05, 0.1) is 0 Å². The van der Waals surface area contributed by atoms with Crippen LogP contribution in [0.1, 0.15) is 46.5 Å². The molecule has 20 heavy (non-hydrogen) atoms. The molecule has 1 N–H and O–H groups in total. The summed E-state index contributed by atoms with van der Waals surface area (Å²) in [6.45, 7) is 14.7. The number of allylic oxidation sites excluding steroid dienone is 4. The third kappa shape index (κ3) is 8.52. The third-order valence-electron chi connectivity index (χ3n) is 3.07. The van der Waals surface area contributed by atoms with E-state index >= 15 is 0 Å². The molecule has 0 aromatic carbocycles. The Bertz CT molecular complexity index is 377. The van der Waals surface area contributed by atoms with E-state index in [0.29, 0.717) is 18.0 Å². The van der Waals surface area contributed by atoms with Crippen molar-refractivity contribution in [2.45, 2.75) is 46.5 Å². The molecule has 0 spiro atoms. The van der Waals surface area contributed by atoms with Gasteiger partial charge in [0.25, 0.3) is 5.91 Å². The molecule has 0 aromatic rings. The van der Waals surface area contributed by atoms with Crippen LogP contribution in [0.2, 0.25) is 0 Å². The first kappa shape index (κ1) is 18.4. The van der Waals surface area contributed by atoms with Gasteiger partial charge in [-0.25, -0.2) is 0 Å². The van der Waals surface area contributed by atoms with Gasteiger partial charge < -0.3 is 5.32 Å².